The molecule has 0 spiro atoms. The first-order chi connectivity index (χ1) is 9.11. The Morgan fingerprint density at radius 3 is 3.00 bits per heavy atom. The largest absolute Gasteiger partial charge is 0.397 e. The van der Waals surface area contributed by atoms with Crippen LogP contribution in [0.1, 0.15) is 34.3 Å². The SMILES string of the molecule is CCCc1nnsc1C(=O)Nc1cc(C)c(N)cn1. The van der Waals surface area contributed by atoms with Crippen molar-refractivity contribution in [3.05, 3.63) is 28.4 Å². The lowest BCUT2D eigenvalue weighted by Crippen LogP contribution is -2.14. The van der Waals surface area contributed by atoms with Gasteiger partial charge in [-0.3, -0.25) is 4.79 Å². The van der Waals surface area contributed by atoms with E-state index in [0.29, 0.717) is 16.4 Å². The third-order valence-corrected chi connectivity index (χ3v) is 3.41. The van der Waals surface area contributed by atoms with Crippen LogP contribution in [0.5, 0.6) is 0 Å². The van der Waals surface area contributed by atoms with E-state index >= 15 is 0 Å². The van der Waals surface area contributed by atoms with Gasteiger partial charge in [0.1, 0.15) is 10.7 Å². The number of aromatic nitrogens is 3. The zero-order chi connectivity index (χ0) is 13.8. The molecule has 2 aromatic heterocycles. The number of nitrogens with two attached hydrogens (primary N) is 1. The molecule has 3 N–H and O–H groups in total. The average molecular weight is 277 g/mol. The predicted octanol–water partition coefficient (Wildman–Crippen LogP) is 2.03. The van der Waals surface area contributed by atoms with Crippen molar-refractivity contribution >= 4 is 28.9 Å². The molecule has 0 fully saturated rings. The summed E-state index contributed by atoms with van der Waals surface area (Å²) < 4.78 is 3.83. The van der Waals surface area contributed by atoms with Gasteiger partial charge in [-0.25, -0.2) is 4.98 Å². The molecular weight excluding hydrogens is 262 g/mol. The Labute approximate surface area is 115 Å². The number of anilines is 2. The first kappa shape index (κ1) is 13.4. The van der Waals surface area contributed by atoms with Gasteiger partial charge in [0.2, 0.25) is 0 Å². The van der Waals surface area contributed by atoms with Gasteiger partial charge < -0.3 is 11.1 Å². The molecule has 0 radical (unpaired) electrons. The molecule has 2 heterocycles. The highest BCUT2D eigenvalue weighted by atomic mass is 32.1. The number of hydrogen-bond acceptors (Lipinski definition) is 6. The van der Waals surface area contributed by atoms with Gasteiger partial charge in [0.25, 0.3) is 5.91 Å². The monoisotopic (exact) mass is 277 g/mol. The summed E-state index contributed by atoms with van der Waals surface area (Å²) in [5.74, 6) is 0.252. The minimum atomic E-state index is -0.227. The van der Waals surface area contributed by atoms with Crippen molar-refractivity contribution in [2.75, 3.05) is 11.1 Å². The Hall–Kier alpha value is -2.02. The highest BCUT2D eigenvalue weighted by Crippen LogP contribution is 2.17. The van der Waals surface area contributed by atoms with Crippen LogP contribution in [0.25, 0.3) is 0 Å². The lowest BCUT2D eigenvalue weighted by atomic mass is 10.2. The van der Waals surface area contributed by atoms with Gasteiger partial charge >= 0.3 is 0 Å². The van der Waals surface area contributed by atoms with Crippen LogP contribution in [0.4, 0.5) is 11.5 Å². The molecule has 0 saturated carbocycles. The lowest BCUT2D eigenvalue weighted by molar-refractivity contribution is 0.102. The maximum atomic E-state index is 12.1. The number of hydrogen-bond donors (Lipinski definition) is 2. The van der Waals surface area contributed by atoms with E-state index in [0.717, 1.165) is 35.6 Å². The van der Waals surface area contributed by atoms with Crippen LogP contribution in [-0.2, 0) is 6.42 Å². The number of nitrogens with zero attached hydrogens (tertiary/aromatic N) is 3. The topological polar surface area (TPSA) is 93.8 Å². The van der Waals surface area contributed by atoms with Gasteiger partial charge in [-0.2, -0.15) is 0 Å². The second kappa shape index (κ2) is 5.75. The first-order valence-electron chi connectivity index (χ1n) is 5.96. The van der Waals surface area contributed by atoms with E-state index in [1.54, 1.807) is 6.07 Å². The van der Waals surface area contributed by atoms with Crippen LogP contribution in [0, 0.1) is 6.92 Å². The number of nitrogens with one attached hydrogen (secondary N) is 1. The fourth-order valence-corrected chi connectivity index (χ4v) is 2.19. The molecule has 0 aliphatic rings. The molecule has 0 unspecified atom stereocenters. The third kappa shape index (κ3) is 3.05. The summed E-state index contributed by atoms with van der Waals surface area (Å²) >= 11 is 1.10. The van der Waals surface area contributed by atoms with Crippen molar-refractivity contribution in [3.8, 4) is 0 Å². The van der Waals surface area contributed by atoms with Crippen molar-refractivity contribution < 1.29 is 4.79 Å². The molecule has 6 nitrogen and oxygen atoms in total. The lowest BCUT2D eigenvalue weighted by Gasteiger charge is -2.05. The van der Waals surface area contributed by atoms with E-state index in [4.69, 9.17) is 5.73 Å². The molecule has 0 bridgehead atoms. The van der Waals surface area contributed by atoms with E-state index in [2.05, 4.69) is 19.9 Å². The van der Waals surface area contributed by atoms with E-state index < -0.39 is 0 Å². The standard InChI is InChI=1S/C12H15N5OS/c1-3-4-9-11(19-17-16-9)12(18)15-10-5-7(2)8(13)6-14-10/h5-6H,3-4,13H2,1-2H3,(H,14,15,18). The number of nitrogen functional groups attached to an aromatic ring is 1. The highest BCUT2D eigenvalue weighted by Gasteiger charge is 2.16. The average Bonchev–Trinajstić information content (AvgIpc) is 2.83. The maximum Gasteiger partial charge on any atom is 0.270 e. The summed E-state index contributed by atoms with van der Waals surface area (Å²) in [5.41, 5.74) is 7.90. The molecule has 7 heteroatoms. The Kier molecular flexibility index (Phi) is 4.06. The van der Waals surface area contributed by atoms with Gasteiger partial charge in [-0.15, -0.1) is 5.10 Å². The van der Waals surface area contributed by atoms with Crippen LogP contribution in [0.15, 0.2) is 12.3 Å². The van der Waals surface area contributed by atoms with Gasteiger partial charge in [0.15, 0.2) is 0 Å². The zero-order valence-corrected chi connectivity index (χ0v) is 11.6. The molecular formula is C12H15N5OS. The third-order valence-electron chi connectivity index (χ3n) is 2.64. The number of carbonyl (C=O) groups excluding carboxylic acids is 1. The molecule has 0 atom stereocenters. The zero-order valence-electron chi connectivity index (χ0n) is 10.8. The van der Waals surface area contributed by atoms with Crippen LogP contribution in [-0.4, -0.2) is 20.5 Å². The first-order valence-corrected chi connectivity index (χ1v) is 6.73. The van der Waals surface area contributed by atoms with Crippen molar-refractivity contribution in [1.82, 2.24) is 14.6 Å². The summed E-state index contributed by atoms with van der Waals surface area (Å²) in [7, 11) is 0. The molecule has 19 heavy (non-hydrogen) atoms. The van der Waals surface area contributed by atoms with Gasteiger partial charge in [0.05, 0.1) is 17.6 Å². The summed E-state index contributed by atoms with van der Waals surface area (Å²) in [5, 5.41) is 6.70. The summed E-state index contributed by atoms with van der Waals surface area (Å²) in [6, 6.07) is 1.74. The van der Waals surface area contributed by atoms with E-state index in [1.807, 2.05) is 13.8 Å². The minimum Gasteiger partial charge on any atom is -0.397 e. The van der Waals surface area contributed by atoms with Gasteiger partial charge in [-0.05, 0) is 36.5 Å². The maximum absolute atomic E-state index is 12.1. The normalized spacial score (nSPS) is 10.4. The molecule has 0 aromatic carbocycles. The van der Waals surface area contributed by atoms with E-state index in [1.165, 1.54) is 6.20 Å². The highest BCUT2D eigenvalue weighted by molar-refractivity contribution is 7.08. The number of aryl methyl sites for hydroxylation is 2. The second-order valence-electron chi connectivity index (χ2n) is 4.18. The molecule has 2 aromatic rings. The Bertz CT molecular complexity index is 596. The number of pyridine rings is 1. The van der Waals surface area contributed by atoms with Crippen LogP contribution < -0.4 is 11.1 Å². The Morgan fingerprint density at radius 2 is 2.32 bits per heavy atom. The molecule has 100 valence electrons. The summed E-state index contributed by atoms with van der Waals surface area (Å²) in [6.07, 6.45) is 3.20. The van der Waals surface area contributed by atoms with E-state index in [9.17, 15) is 4.79 Å². The number of carbonyl (C=O) groups is 1. The molecule has 1 amide bonds. The van der Waals surface area contributed by atoms with Gasteiger partial charge in [0, 0.05) is 0 Å². The quantitative estimate of drug-likeness (QED) is 0.891. The second-order valence-corrected chi connectivity index (χ2v) is 4.93. The van der Waals surface area contributed by atoms with Crippen molar-refractivity contribution in [1.29, 1.82) is 0 Å². The Balaban J connectivity index is 2.16. The fourth-order valence-electron chi connectivity index (χ4n) is 1.59. The van der Waals surface area contributed by atoms with Crippen LogP contribution in [0.3, 0.4) is 0 Å². The predicted molar refractivity (Wildman–Crippen MR) is 75.2 cm³/mol. The number of rotatable bonds is 4. The molecule has 0 aliphatic heterocycles. The van der Waals surface area contributed by atoms with Gasteiger partial charge in [-0.1, -0.05) is 17.8 Å². The Morgan fingerprint density at radius 1 is 1.53 bits per heavy atom. The van der Waals surface area contributed by atoms with E-state index in [-0.39, 0.29) is 5.91 Å². The summed E-state index contributed by atoms with van der Waals surface area (Å²) in [4.78, 5) is 16.7. The molecule has 0 saturated heterocycles. The molecule has 2 rings (SSSR count). The van der Waals surface area contributed by atoms with Crippen molar-refractivity contribution in [3.63, 3.8) is 0 Å². The summed E-state index contributed by atoms with van der Waals surface area (Å²) in [6.45, 7) is 3.90. The van der Waals surface area contributed by atoms with Crippen molar-refractivity contribution in [2.45, 2.75) is 26.7 Å². The fraction of sp³-hybridized carbons (Fsp3) is 0.333. The van der Waals surface area contributed by atoms with Crippen LogP contribution >= 0.6 is 11.5 Å². The smallest absolute Gasteiger partial charge is 0.270 e. The van der Waals surface area contributed by atoms with Crippen molar-refractivity contribution in [2.24, 2.45) is 0 Å². The number of amides is 1. The minimum absolute atomic E-state index is 0.227. The van der Waals surface area contributed by atoms with Crippen LogP contribution in [0.2, 0.25) is 0 Å². The molecule has 0 aliphatic carbocycles.